The normalized spacial score (nSPS) is 27.1. The largest absolute Gasteiger partial charge is 0.481 e. The number of hydrogen-bond donors (Lipinski definition) is 3. The number of rotatable bonds is 5. The number of amides is 2. The Balaban J connectivity index is 1.62. The molecule has 25 heavy (non-hydrogen) atoms. The van der Waals surface area contributed by atoms with Crippen molar-refractivity contribution in [1.29, 1.82) is 0 Å². The van der Waals surface area contributed by atoms with Gasteiger partial charge in [-0.1, -0.05) is 25.5 Å². The molecule has 134 valence electrons. The van der Waals surface area contributed by atoms with Crippen molar-refractivity contribution in [3.05, 3.63) is 34.0 Å². The average Bonchev–Trinajstić information content (AvgIpc) is 3.08. The van der Waals surface area contributed by atoms with Gasteiger partial charge in [0.25, 0.3) is 5.91 Å². The monoisotopic (exact) mass is 362 g/mol. The van der Waals surface area contributed by atoms with Crippen LogP contribution in [0.25, 0.3) is 0 Å². The van der Waals surface area contributed by atoms with E-state index in [2.05, 4.69) is 17.8 Å². The van der Waals surface area contributed by atoms with Crippen LogP contribution in [0.1, 0.15) is 41.4 Å². The second-order valence-corrected chi connectivity index (χ2v) is 7.67. The molecule has 1 aromatic heterocycles. The number of hydrogen-bond acceptors (Lipinski definition) is 4. The Morgan fingerprint density at radius 2 is 1.84 bits per heavy atom. The summed E-state index contributed by atoms with van der Waals surface area (Å²) in [5.41, 5.74) is 5.36. The summed E-state index contributed by atoms with van der Waals surface area (Å²) >= 11 is 1.52. The minimum atomic E-state index is -0.951. The van der Waals surface area contributed by atoms with Gasteiger partial charge in [-0.15, -0.1) is 11.3 Å². The molecule has 2 amide bonds. The van der Waals surface area contributed by atoms with E-state index in [4.69, 9.17) is 0 Å². The first-order chi connectivity index (χ1) is 12.0. The molecule has 3 aliphatic rings. The number of carbonyl (C=O) groups is 3. The van der Waals surface area contributed by atoms with Gasteiger partial charge < -0.3 is 5.11 Å². The van der Waals surface area contributed by atoms with Crippen molar-refractivity contribution in [2.45, 2.75) is 32.6 Å². The van der Waals surface area contributed by atoms with E-state index >= 15 is 0 Å². The quantitative estimate of drug-likeness (QED) is 0.553. The van der Waals surface area contributed by atoms with Crippen LogP contribution >= 0.6 is 11.3 Å². The maximum absolute atomic E-state index is 12.5. The highest BCUT2D eigenvalue weighted by Gasteiger charge is 2.48. The maximum Gasteiger partial charge on any atom is 0.307 e. The van der Waals surface area contributed by atoms with Gasteiger partial charge >= 0.3 is 5.97 Å². The fraction of sp³-hybridized carbons (Fsp3) is 0.500. The molecule has 2 bridgehead atoms. The average molecular weight is 362 g/mol. The Hall–Kier alpha value is -2.15. The molecule has 0 aliphatic heterocycles. The number of allylic oxidation sites excluding steroid dienone is 2. The summed E-state index contributed by atoms with van der Waals surface area (Å²) in [5.74, 6) is -3.31. The highest BCUT2D eigenvalue weighted by atomic mass is 32.1. The third kappa shape index (κ3) is 3.61. The third-order valence-electron chi connectivity index (χ3n) is 5.05. The zero-order chi connectivity index (χ0) is 18.0. The molecule has 0 spiro atoms. The van der Waals surface area contributed by atoms with E-state index in [1.807, 2.05) is 18.2 Å². The van der Waals surface area contributed by atoms with Gasteiger partial charge in [-0.3, -0.25) is 25.2 Å². The third-order valence-corrected chi connectivity index (χ3v) is 6.04. The summed E-state index contributed by atoms with van der Waals surface area (Å²) in [6.07, 6.45) is 7.38. The Morgan fingerprint density at radius 1 is 1.16 bits per heavy atom. The number of carboxylic acid groups (broad SMARTS) is 1. The van der Waals surface area contributed by atoms with E-state index in [0.29, 0.717) is 5.56 Å². The van der Waals surface area contributed by atoms with E-state index in [9.17, 15) is 19.5 Å². The lowest BCUT2D eigenvalue weighted by molar-refractivity contribution is -0.153. The molecule has 3 aliphatic carbocycles. The molecule has 4 rings (SSSR count). The molecular weight excluding hydrogens is 340 g/mol. The maximum atomic E-state index is 12.5. The molecule has 0 saturated heterocycles. The van der Waals surface area contributed by atoms with E-state index in [1.54, 1.807) is 5.38 Å². The number of carbonyl (C=O) groups excluding carboxylic acids is 2. The molecule has 7 heteroatoms. The van der Waals surface area contributed by atoms with Crippen molar-refractivity contribution in [2.75, 3.05) is 0 Å². The van der Waals surface area contributed by atoms with Crippen molar-refractivity contribution in [2.24, 2.45) is 23.7 Å². The summed E-state index contributed by atoms with van der Waals surface area (Å²) in [5, 5.41) is 11.3. The number of nitrogens with one attached hydrogen (secondary N) is 2. The van der Waals surface area contributed by atoms with Crippen molar-refractivity contribution in [1.82, 2.24) is 10.9 Å². The van der Waals surface area contributed by atoms with Crippen LogP contribution in [0.5, 0.6) is 0 Å². The highest BCUT2D eigenvalue weighted by molar-refractivity contribution is 7.10. The van der Waals surface area contributed by atoms with Gasteiger partial charge in [0, 0.05) is 10.3 Å². The lowest BCUT2D eigenvalue weighted by atomic mass is 9.62. The van der Waals surface area contributed by atoms with Crippen molar-refractivity contribution >= 4 is 29.1 Å². The number of aliphatic carboxylic acids is 1. The molecule has 1 saturated carbocycles. The summed E-state index contributed by atoms with van der Waals surface area (Å²) in [6, 6.07) is 1.82. The van der Waals surface area contributed by atoms with Crippen molar-refractivity contribution in [3.8, 4) is 0 Å². The Labute approximate surface area is 150 Å². The predicted octanol–water partition coefficient (Wildman–Crippen LogP) is 2.37. The summed E-state index contributed by atoms with van der Waals surface area (Å²) in [7, 11) is 0. The first-order valence-electron chi connectivity index (χ1n) is 8.60. The van der Waals surface area contributed by atoms with Gasteiger partial charge in [-0.05, 0) is 37.2 Å². The fourth-order valence-corrected chi connectivity index (χ4v) is 4.81. The van der Waals surface area contributed by atoms with Gasteiger partial charge in [0.15, 0.2) is 0 Å². The molecule has 0 aromatic carbocycles. The van der Waals surface area contributed by atoms with Crippen LogP contribution in [0, 0.1) is 23.7 Å². The van der Waals surface area contributed by atoms with Crippen LogP contribution < -0.4 is 10.9 Å². The molecule has 0 unspecified atom stereocenters. The predicted molar refractivity (Wildman–Crippen MR) is 93.9 cm³/mol. The van der Waals surface area contributed by atoms with Gasteiger partial charge in [0.2, 0.25) is 5.91 Å². The fourth-order valence-electron chi connectivity index (χ4n) is 3.84. The Kier molecular flexibility index (Phi) is 5.22. The first kappa shape index (κ1) is 17.7. The number of hydrazine groups is 1. The smallest absolute Gasteiger partial charge is 0.307 e. The second kappa shape index (κ2) is 7.39. The molecule has 4 atom stereocenters. The SMILES string of the molecule is CCCc1cc(C(=O)NNC(=O)[C@H]2[C@@H](C(=O)O)[C@H]3C=C[C@H]2CC3)cs1. The molecule has 3 N–H and O–H groups in total. The lowest BCUT2D eigenvalue weighted by Gasteiger charge is -2.41. The molecular formula is C18H22N2O4S. The minimum absolute atomic E-state index is 0.0830. The number of carboxylic acids is 1. The standard InChI is InChI=1S/C18H22N2O4S/c1-2-3-13-8-12(9-25-13)16(21)19-20-17(22)14-10-4-6-11(7-5-10)15(14)18(23)24/h4,6,8-11,14-15H,2-3,5,7H2,1H3,(H,19,21)(H,20,22)(H,23,24)/t10-,11-,14+,15-/m0/s1. The molecule has 0 radical (unpaired) electrons. The van der Waals surface area contributed by atoms with Crippen LogP contribution in [0.2, 0.25) is 0 Å². The Bertz CT molecular complexity index is 712. The van der Waals surface area contributed by atoms with E-state index in [1.165, 1.54) is 11.3 Å². The zero-order valence-electron chi connectivity index (χ0n) is 14.0. The highest BCUT2D eigenvalue weighted by Crippen LogP contribution is 2.44. The Morgan fingerprint density at radius 3 is 2.44 bits per heavy atom. The number of thiophene rings is 1. The second-order valence-electron chi connectivity index (χ2n) is 6.67. The van der Waals surface area contributed by atoms with Gasteiger partial charge in [0.05, 0.1) is 17.4 Å². The first-order valence-corrected chi connectivity index (χ1v) is 9.48. The van der Waals surface area contributed by atoms with Crippen LogP contribution in [-0.2, 0) is 16.0 Å². The molecule has 6 nitrogen and oxygen atoms in total. The van der Waals surface area contributed by atoms with Crippen molar-refractivity contribution in [3.63, 3.8) is 0 Å². The molecule has 1 aromatic rings. The minimum Gasteiger partial charge on any atom is -0.481 e. The summed E-state index contributed by atoms with van der Waals surface area (Å²) in [6.45, 7) is 2.07. The van der Waals surface area contributed by atoms with Crippen LogP contribution in [0.15, 0.2) is 23.6 Å². The number of fused-ring (bicyclic) bond motifs is 2. The topological polar surface area (TPSA) is 95.5 Å². The van der Waals surface area contributed by atoms with E-state index < -0.39 is 23.7 Å². The number of aryl methyl sites for hydroxylation is 1. The summed E-state index contributed by atoms with van der Waals surface area (Å²) < 4.78 is 0. The van der Waals surface area contributed by atoms with E-state index in [-0.39, 0.29) is 17.7 Å². The van der Waals surface area contributed by atoms with Gasteiger partial charge in [-0.2, -0.15) is 0 Å². The van der Waals surface area contributed by atoms with Crippen LogP contribution in [-0.4, -0.2) is 22.9 Å². The summed E-state index contributed by atoms with van der Waals surface area (Å²) in [4.78, 5) is 37.4. The molecule has 1 heterocycles. The zero-order valence-corrected chi connectivity index (χ0v) is 14.8. The van der Waals surface area contributed by atoms with Gasteiger partial charge in [0.1, 0.15) is 0 Å². The lowest BCUT2D eigenvalue weighted by Crippen LogP contribution is -2.53. The van der Waals surface area contributed by atoms with Gasteiger partial charge in [-0.25, -0.2) is 0 Å². The van der Waals surface area contributed by atoms with E-state index in [0.717, 1.165) is 30.6 Å². The molecule has 1 fully saturated rings. The van der Waals surface area contributed by atoms with Crippen LogP contribution in [0.3, 0.4) is 0 Å². The van der Waals surface area contributed by atoms with Crippen LogP contribution in [0.4, 0.5) is 0 Å². The van der Waals surface area contributed by atoms with Crippen molar-refractivity contribution < 1.29 is 19.5 Å².